The van der Waals surface area contributed by atoms with Crippen molar-refractivity contribution in [3.63, 3.8) is 0 Å². The maximum absolute atomic E-state index is 11.7. The molecule has 1 atom stereocenters. The van der Waals surface area contributed by atoms with E-state index in [-0.39, 0.29) is 0 Å². The van der Waals surface area contributed by atoms with Crippen LogP contribution in [-0.4, -0.2) is 48.1 Å². The highest BCUT2D eigenvalue weighted by Gasteiger charge is 2.31. The van der Waals surface area contributed by atoms with Crippen molar-refractivity contribution in [3.05, 3.63) is 17.0 Å². The molecule has 0 amide bonds. The van der Waals surface area contributed by atoms with Gasteiger partial charge in [0.05, 0.1) is 0 Å². The summed E-state index contributed by atoms with van der Waals surface area (Å²) >= 11 is 4.92. The molecule has 0 spiro atoms. The van der Waals surface area contributed by atoms with Crippen molar-refractivity contribution >= 4 is 43.3 Å². The number of thioether (sulfide) groups is 1. The van der Waals surface area contributed by atoms with Crippen LogP contribution in [0.15, 0.2) is 17.0 Å². The van der Waals surface area contributed by atoms with Crippen LogP contribution < -0.4 is 4.90 Å². The molecule has 1 aliphatic heterocycles. The molecule has 0 aliphatic carbocycles. The molecule has 2 rings (SSSR count). The van der Waals surface area contributed by atoms with Crippen LogP contribution in [0.4, 0.5) is 5.82 Å². The molecule has 17 heavy (non-hydrogen) atoms. The summed E-state index contributed by atoms with van der Waals surface area (Å²) in [6.45, 7) is 0.686. The molecule has 1 fully saturated rings. The number of nitrogens with zero attached hydrogens (tertiary/aromatic N) is 3. The molecule has 1 aliphatic rings. The average molecular weight is 338 g/mol. The maximum atomic E-state index is 11.7. The SMILES string of the molecule is CS(=O)(=O)C1CSCCN1c1cc(Br)ncn1. The van der Waals surface area contributed by atoms with Crippen molar-refractivity contribution in [2.24, 2.45) is 0 Å². The van der Waals surface area contributed by atoms with E-state index in [2.05, 4.69) is 25.9 Å². The van der Waals surface area contributed by atoms with Gasteiger partial charge in [0.15, 0.2) is 9.84 Å². The second-order valence-electron chi connectivity index (χ2n) is 3.75. The number of halogens is 1. The lowest BCUT2D eigenvalue weighted by atomic mass is 10.4. The average Bonchev–Trinajstić information content (AvgIpc) is 2.28. The Bertz CT molecular complexity index is 509. The predicted octanol–water partition coefficient (Wildman–Crippen LogP) is 1.16. The minimum Gasteiger partial charge on any atom is -0.338 e. The fourth-order valence-electron chi connectivity index (χ4n) is 1.68. The summed E-state index contributed by atoms with van der Waals surface area (Å²) in [5.74, 6) is 2.15. The fraction of sp³-hybridized carbons (Fsp3) is 0.556. The molecule has 94 valence electrons. The molecular formula is C9H12BrN3O2S2. The summed E-state index contributed by atoms with van der Waals surface area (Å²) in [6.07, 6.45) is 2.70. The Balaban J connectivity index is 2.34. The van der Waals surface area contributed by atoms with Crippen molar-refractivity contribution in [3.8, 4) is 0 Å². The second kappa shape index (κ2) is 5.11. The van der Waals surface area contributed by atoms with Gasteiger partial charge >= 0.3 is 0 Å². The summed E-state index contributed by atoms with van der Waals surface area (Å²) in [7, 11) is -3.11. The van der Waals surface area contributed by atoms with Gasteiger partial charge in [-0.2, -0.15) is 11.8 Å². The van der Waals surface area contributed by atoms with E-state index in [9.17, 15) is 8.42 Å². The summed E-state index contributed by atoms with van der Waals surface area (Å²) in [5.41, 5.74) is 0. The van der Waals surface area contributed by atoms with Crippen molar-refractivity contribution in [2.75, 3.05) is 29.2 Å². The monoisotopic (exact) mass is 337 g/mol. The summed E-state index contributed by atoms with van der Waals surface area (Å²) in [4.78, 5) is 9.92. The summed E-state index contributed by atoms with van der Waals surface area (Å²) in [6, 6.07) is 1.74. The van der Waals surface area contributed by atoms with E-state index in [1.54, 1.807) is 17.8 Å². The molecule has 0 saturated carbocycles. The summed E-state index contributed by atoms with van der Waals surface area (Å²) in [5, 5.41) is -0.497. The van der Waals surface area contributed by atoms with Gasteiger partial charge in [-0.15, -0.1) is 0 Å². The van der Waals surface area contributed by atoms with E-state index in [0.717, 1.165) is 5.75 Å². The Labute approximate surface area is 113 Å². The van der Waals surface area contributed by atoms with Gasteiger partial charge < -0.3 is 4.90 Å². The van der Waals surface area contributed by atoms with Gasteiger partial charge in [0, 0.05) is 30.4 Å². The number of hydrogen-bond acceptors (Lipinski definition) is 6. The molecule has 8 heteroatoms. The Kier molecular flexibility index (Phi) is 3.94. The first-order valence-electron chi connectivity index (χ1n) is 4.99. The van der Waals surface area contributed by atoms with Crippen LogP contribution in [0.3, 0.4) is 0 Å². The van der Waals surface area contributed by atoms with Crippen LogP contribution in [0.5, 0.6) is 0 Å². The van der Waals surface area contributed by atoms with Crippen molar-refractivity contribution in [1.82, 2.24) is 9.97 Å². The molecule has 1 saturated heterocycles. The number of rotatable bonds is 2. The number of sulfone groups is 1. The van der Waals surface area contributed by atoms with Gasteiger partial charge in [0.2, 0.25) is 0 Å². The van der Waals surface area contributed by atoms with Crippen LogP contribution >= 0.6 is 27.7 Å². The van der Waals surface area contributed by atoms with E-state index in [1.165, 1.54) is 12.6 Å². The highest BCUT2D eigenvalue weighted by Crippen LogP contribution is 2.26. The predicted molar refractivity (Wildman–Crippen MR) is 73.0 cm³/mol. The lowest BCUT2D eigenvalue weighted by Crippen LogP contribution is -2.47. The third-order valence-corrected chi connectivity index (χ3v) is 5.57. The first-order chi connectivity index (χ1) is 7.98. The number of aromatic nitrogens is 2. The molecule has 0 aromatic carbocycles. The fourth-order valence-corrected chi connectivity index (χ4v) is 4.80. The highest BCUT2D eigenvalue weighted by atomic mass is 79.9. The topological polar surface area (TPSA) is 63.2 Å². The van der Waals surface area contributed by atoms with Gasteiger partial charge in [-0.3, -0.25) is 0 Å². The standard InChI is InChI=1S/C9H12BrN3O2S2/c1-17(14,15)9-5-16-3-2-13(9)8-4-7(10)11-6-12-8/h4,6,9H,2-3,5H2,1H3. The van der Waals surface area contributed by atoms with Crippen LogP contribution in [-0.2, 0) is 9.84 Å². The lowest BCUT2D eigenvalue weighted by Gasteiger charge is -2.34. The van der Waals surface area contributed by atoms with E-state index < -0.39 is 15.2 Å². The first kappa shape index (κ1) is 13.1. The van der Waals surface area contributed by atoms with Crippen LogP contribution in [0.2, 0.25) is 0 Å². The van der Waals surface area contributed by atoms with Crippen molar-refractivity contribution < 1.29 is 8.42 Å². The quantitative estimate of drug-likeness (QED) is 0.754. The van der Waals surface area contributed by atoms with Gasteiger partial charge in [0.1, 0.15) is 22.1 Å². The van der Waals surface area contributed by atoms with Crippen LogP contribution in [0, 0.1) is 0 Å². The van der Waals surface area contributed by atoms with Crippen molar-refractivity contribution in [2.45, 2.75) is 5.37 Å². The first-order valence-corrected chi connectivity index (χ1v) is 8.89. The molecule has 0 bridgehead atoms. The van der Waals surface area contributed by atoms with Crippen LogP contribution in [0.25, 0.3) is 0 Å². The van der Waals surface area contributed by atoms with Crippen molar-refractivity contribution in [1.29, 1.82) is 0 Å². The normalized spacial score (nSPS) is 21.5. The molecule has 5 nitrogen and oxygen atoms in total. The number of hydrogen-bond donors (Lipinski definition) is 0. The third kappa shape index (κ3) is 3.11. The Morgan fingerprint density at radius 2 is 2.29 bits per heavy atom. The maximum Gasteiger partial charge on any atom is 0.169 e. The minimum absolute atomic E-state index is 0.497. The zero-order valence-electron chi connectivity index (χ0n) is 9.21. The van der Waals surface area contributed by atoms with Gasteiger partial charge in [-0.1, -0.05) is 0 Å². The molecule has 1 aromatic heterocycles. The molecule has 2 heterocycles. The molecule has 0 N–H and O–H groups in total. The summed E-state index contributed by atoms with van der Waals surface area (Å²) < 4.78 is 24.1. The van der Waals surface area contributed by atoms with Gasteiger partial charge in [-0.25, -0.2) is 18.4 Å². The van der Waals surface area contributed by atoms with E-state index >= 15 is 0 Å². The zero-order chi connectivity index (χ0) is 12.5. The zero-order valence-corrected chi connectivity index (χ0v) is 12.4. The van der Waals surface area contributed by atoms with E-state index in [1.807, 2.05) is 4.90 Å². The van der Waals surface area contributed by atoms with E-state index in [4.69, 9.17) is 0 Å². The van der Waals surface area contributed by atoms with Gasteiger partial charge in [0.25, 0.3) is 0 Å². The third-order valence-electron chi connectivity index (χ3n) is 2.49. The van der Waals surface area contributed by atoms with Gasteiger partial charge in [-0.05, 0) is 15.9 Å². The number of anilines is 1. The highest BCUT2D eigenvalue weighted by molar-refractivity contribution is 9.10. The molecule has 1 aromatic rings. The Hall–Kier alpha value is -0.340. The minimum atomic E-state index is -3.11. The smallest absolute Gasteiger partial charge is 0.169 e. The Morgan fingerprint density at radius 3 is 2.94 bits per heavy atom. The van der Waals surface area contributed by atoms with Crippen LogP contribution in [0.1, 0.15) is 0 Å². The second-order valence-corrected chi connectivity index (χ2v) is 7.92. The molecule has 1 unspecified atom stereocenters. The molecular weight excluding hydrogens is 326 g/mol. The molecule has 0 radical (unpaired) electrons. The largest absolute Gasteiger partial charge is 0.338 e. The van der Waals surface area contributed by atoms with E-state index in [0.29, 0.717) is 22.7 Å². The lowest BCUT2D eigenvalue weighted by molar-refractivity contribution is 0.583. The Morgan fingerprint density at radius 1 is 1.53 bits per heavy atom.